The fourth-order valence-electron chi connectivity index (χ4n) is 2.94. The van der Waals surface area contributed by atoms with Crippen LogP contribution in [0, 0.1) is 5.92 Å². The predicted molar refractivity (Wildman–Crippen MR) is 78.0 cm³/mol. The Labute approximate surface area is 111 Å². The molecule has 0 saturated carbocycles. The van der Waals surface area contributed by atoms with E-state index in [4.69, 9.17) is 0 Å². The fourth-order valence-corrected chi connectivity index (χ4v) is 2.94. The van der Waals surface area contributed by atoms with E-state index in [-0.39, 0.29) is 0 Å². The lowest BCUT2D eigenvalue weighted by Crippen LogP contribution is -2.42. The SMILES string of the molecule is CNCC(C)C(C)N1CCc2ccccc2CC1. The van der Waals surface area contributed by atoms with Gasteiger partial charge in [0, 0.05) is 19.1 Å². The van der Waals surface area contributed by atoms with Gasteiger partial charge in [0.05, 0.1) is 0 Å². The second-order valence-corrected chi connectivity index (χ2v) is 5.58. The smallest absolute Gasteiger partial charge is 0.0105 e. The van der Waals surface area contributed by atoms with E-state index < -0.39 is 0 Å². The summed E-state index contributed by atoms with van der Waals surface area (Å²) in [5.41, 5.74) is 3.10. The Balaban J connectivity index is 1.99. The van der Waals surface area contributed by atoms with Crippen molar-refractivity contribution in [1.82, 2.24) is 10.2 Å². The number of hydrogen-bond donors (Lipinski definition) is 1. The number of nitrogens with one attached hydrogen (secondary N) is 1. The number of hydrogen-bond acceptors (Lipinski definition) is 2. The standard InChI is InChI=1S/C16H26N2/c1-13(12-17-3)14(2)18-10-8-15-6-4-5-7-16(15)9-11-18/h4-7,13-14,17H,8-12H2,1-3H3. The summed E-state index contributed by atoms with van der Waals surface area (Å²) in [6.07, 6.45) is 2.40. The zero-order chi connectivity index (χ0) is 13.0. The Kier molecular flexibility index (Phi) is 4.79. The minimum absolute atomic E-state index is 0.659. The monoisotopic (exact) mass is 246 g/mol. The van der Waals surface area contributed by atoms with Gasteiger partial charge in [-0.3, -0.25) is 4.90 Å². The molecule has 0 aliphatic carbocycles. The molecule has 0 amide bonds. The molecule has 1 heterocycles. The number of fused-ring (bicyclic) bond motifs is 1. The van der Waals surface area contributed by atoms with E-state index in [1.54, 1.807) is 11.1 Å². The maximum absolute atomic E-state index is 3.29. The molecular formula is C16H26N2. The van der Waals surface area contributed by atoms with E-state index in [0.29, 0.717) is 12.0 Å². The molecule has 0 radical (unpaired) electrons. The highest BCUT2D eigenvalue weighted by Gasteiger charge is 2.21. The topological polar surface area (TPSA) is 15.3 Å². The summed E-state index contributed by atoms with van der Waals surface area (Å²) in [4.78, 5) is 2.65. The lowest BCUT2D eigenvalue weighted by molar-refractivity contribution is 0.167. The van der Waals surface area contributed by atoms with Gasteiger partial charge >= 0.3 is 0 Å². The lowest BCUT2D eigenvalue weighted by atomic mass is 10.0. The summed E-state index contributed by atoms with van der Waals surface area (Å²) in [7, 11) is 2.04. The largest absolute Gasteiger partial charge is 0.319 e. The predicted octanol–water partition coefficient (Wildman–Crippen LogP) is 2.33. The highest BCUT2D eigenvalue weighted by atomic mass is 15.2. The molecule has 0 bridgehead atoms. The average Bonchev–Trinajstić information content (AvgIpc) is 2.60. The van der Waals surface area contributed by atoms with Crippen molar-refractivity contribution in [3.63, 3.8) is 0 Å². The zero-order valence-electron chi connectivity index (χ0n) is 11.9. The van der Waals surface area contributed by atoms with Crippen LogP contribution in [0.3, 0.4) is 0 Å². The van der Waals surface area contributed by atoms with Crippen molar-refractivity contribution in [2.45, 2.75) is 32.7 Å². The third-order valence-corrected chi connectivity index (χ3v) is 4.38. The second-order valence-electron chi connectivity index (χ2n) is 5.58. The summed E-state index contributed by atoms with van der Waals surface area (Å²) in [6.45, 7) is 8.22. The van der Waals surface area contributed by atoms with E-state index in [1.807, 2.05) is 7.05 Å². The van der Waals surface area contributed by atoms with Gasteiger partial charge in [-0.15, -0.1) is 0 Å². The maximum Gasteiger partial charge on any atom is 0.0105 e. The van der Waals surface area contributed by atoms with Gasteiger partial charge in [0.15, 0.2) is 0 Å². The molecule has 100 valence electrons. The molecule has 0 aromatic heterocycles. The van der Waals surface area contributed by atoms with E-state index in [9.17, 15) is 0 Å². The van der Waals surface area contributed by atoms with Gasteiger partial charge in [-0.1, -0.05) is 31.2 Å². The first-order valence-corrected chi connectivity index (χ1v) is 7.17. The van der Waals surface area contributed by atoms with Crippen LogP contribution in [0.25, 0.3) is 0 Å². The van der Waals surface area contributed by atoms with Crippen LogP contribution in [-0.4, -0.2) is 37.6 Å². The van der Waals surface area contributed by atoms with Crippen molar-refractivity contribution < 1.29 is 0 Å². The summed E-state index contributed by atoms with van der Waals surface area (Å²) in [6, 6.07) is 9.58. The van der Waals surface area contributed by atoms with Gasteiger partial charge in [-0.05, 0) is 50.4 Å². The minimum atomic E-state index is 0.659. The van der Waals surface area contributed by atoms with Crippen LogP contribution in [0.5, 0.6) is 0 Å². The van der Waals surface area contributed by atoms with E-state index >= 15 is 0 Å². The van der Waals surface area contributed by atoms with Gasteiger partial charge < -0.3 is 5.32 Å². The molecule has 18 heavy (non-hydrogen) atoms. The molecule has 1 aliphatic heterocycles. The van der Waals surface area contributed by atoms with Crippen molar-refractivity contribution >= 4 is 0 Å². The van der Waals surface area contributed by atoms with Gasteiger partial charge in [0.1, 0.15) is 0 Å². The van der Waals surface area contributed by atoms with Crippen LogP contribution in [0.15, 0.2) is 24.3 Å². The molecule has 2 nitrogen and oxygen atoms in total. The van der Waals surface area contributed by atoms with E-state index in [2.05, 4.69) is 48.3 Å². The molecule has 1 aliphatic rings. The van der Waals surface area contributed by atoms with Crippen LogP contribution in [-0.2, 0) is 12.8 Å². The zero-order valence-corrected chi connectivity index (χ0v) is 11.9. The van der Waals surface area contributed by atoms with Gasteiger partial charge in [0.2, 0.25) is 0 Å². The molecule has 0 fully saturated rings. The Morgan fingerprint density at radius 1 is 1.11 bits per heavy atom. The average molecular weight is 246 g/mol. The molecule has 2 heteroatoms. The van der Waals surface area contributed by atoms with E-state index in [1.165, 1.54) is 25.9 Å². The first kappa shape index (κ1) is 13.6. The van der Waals surface area contributed by atoms with Gasteiger partial charge in [-0.2, -0.15) is 0 Å². The van der Waals surface area contributed by atoms with Crippen molar-refractivity contribution in [2.75, 3.05) is 26.7 Å². The molecular weight excluding hydrogens is 220 g/mol. The maximum atomic E-state index is 3.29. The molecule has 2 rings (SSSR count). The van der Waals surface area contributed by atoms with Gasteiger partial charge in [-0.25, -0.2) is 0 Å². The van der Waals surface area contributed by atoms with Gasteiger partial charge in [0.25, 0.3) is 0 Å². The summed E-state index contributed by atoms with van der Waals surface area (Å²) >= 11 is 0. The summed E-state index contributed by atoms with van der Waals surface area (Å²) < 4.78 is 0. The van der Waals surface area contributed by atoms with Crippen LogP contribution in [0.4, 0.5) is 0 Å². The Bertz CT molecular complexity index is 348. The minimum Gasteiger partial charge on any atom is -0.319 e. The van der Waals surface area contributed by atoms with Crippen molar-refractivity contribution in [3.8, 4) is 0 Å². The Hall–Kier alpha value is -0.860. The van der Waals surface area contributed by atoms with Crippen molar-refractivity contribution in [3.05, 3.63) is 35.4 Å². The second kappa shape index (κ2) is 6.35. The van der Waals surface area contributed by atoms with Crippen LogP contribution < -0.4 is 5.32 Å². The number of rotatable bonds is 4. The fraction of sp³-hybridized carbons (Fsp3) is 0.625. The van der Waals surface area contributed by atoms with E-state index in [0.717, 1.165) is 6.54 Å². The molecule has 1 N–H and O–H groups in total. The summed E-state index contributed by atoms with van der Waals surface area (Å²) in [5, 5.41) is 3.29. The highest BCUT2D eigenvalue weighted by Crippen LogP contribution is 2.19. The molecule has 1 aromatic carbocycles. The number of nitrogens with zero attached hydrogens (tertiary/aromatic N) is 1. The van der Waals surface area contributed by atoms with Crippen LogP contribution in [0.2, 0.25) is 0 Å². The highest BCUT2D eigenvalue weighted by molar-refractivity contribution is 5.28. The quantitative estimate of drug-likeness (QED) is 0.877. The summed E-state index contributed by atoms with van der Waals surface area (Å²) in [5.74, 6) is 0.705. The van der Waals surface area contributed by atoms with Crippen LogP contribution >= 0.6 is 0 Å². The normalized spacial score (nSPS) is 19.9. The molecule has 2 atom stereocenters. The molecule has 0 saturated heterocycles. The third kappa shape index (κ3) is 3.12. The van der Waals surface area contributed by atoms with Crippen molar-refractivity contribution in [2.24, 2.45) is 5.92 Å². The number of benzene rings is 1. The first-order valence-electron chi connectivity index (χ1n) is 7.17. The van der Waals surface area contributed by atoms with Crippen molar-refractivity contribution in [1.29, 1.82) is 0 Å². The molecule has 2 unspecified atom stereocenters. The lowest BCUT2D eigenvalue weighted by Gasteiger charge is -2.32. The molecule has 1 aromatic rings. The third-order valence-electron chi connectivity index (χ3n) is 4.38. The molecule has 0 spiro atoms. The Morgan fingerprint density at radius 2 is 1.67 bits per heavy atom. The Morgan fingerprint density at radius 3 is 2.17 bits per heavy atom. The first-order chi connectivity index (χ1) is 8.72. The van der Waals surface area contributed by atoms with Crippen LogP contribution in [0.1, 0.15) is 25.0 Å².